The smallest absolute Gasteiger partial charge is 0.373 e. The van der Waals surface area contributed by atoms with Crippen LogP contribution in [0.3, 0.4) is 0 Å². The number of anilines is 2. The van der Waals surface area contributed by atoms with Gasteiger partial charge in [-0.2, -0.15) is 4.98 Å². The molecule has 8 heteroatoms. The van der Waals surface area contributed by atoms with E-state index in [-0.39, 0.29) is 24.0 Å². The van der Waals surface area contributed by atoms with Crippen LogP contribution in [-0.4, -0.2) is 21.5 Å². The summed E-state index contributed by atoms with van der Waals surface area (Å²) in [7, 11) is 0. The lowest BCUT2D eigenvalue weighted by Gasteiger charge is -2.09. The first kappa shape index (κ1) is 13.7. The van der Waals surface area contributed by atoms with Crippen molar-refractivity contribution in [3.05, 3.63) is 46.5 Å². The Morgan fingerprint density at radius 3 is 2.80 bits per heavy atom. The molecule has 0 aliphatic rings. The van der Waals surface area contributed by atoms with E-state index in [2.05, 4.69) is 15.3 Å². The standard InChI is InChI=1S/C12H11FN4O3/c1-2-20-12-10(17(18)19)11(14-7-15-12)16-9-6-4-3-5-8(9)13/h3-7H,2H2,1H3,(H,14,15,16). The van der Waals surface area contributed by atoms with Gasteiger partial charge >= 0.3 is 5.69 Å². The zero-order valence-corrected chi connectivity index (χ0v) is 10.5. The second-order valence-corrected chi connectivity index (χ2v) is 3.67. The Hall–Kier alpha value is -2.77. The number of hydrogen-bond acceptors (Lipinski definition) is 6. The summed E-state index contributed by atoms with van der Waals surface area (Å²) in [5.74, 6) is -0.830. The number of halogens is 1. The van der Waals surface area contributed by atoms with Gasteiger partial charge in [-0.3, -0.25) is 10.1 Å². The molecule has 1 N–H and O–H groups in total. The van der Waals surface area contributed by atoms with Gasteiger partial charge in [-0.1, -0.05) is 12.1 Å². The van der Waals surface area contributed by atoms with Gasteiger partial charge in [0.25, 0.3) is 5.88 Å². The lowest BCUT2D eigenvalue weighted by atomic mass is 10.3. The summed E-state index contributed by atoms with van der Waals surface area (Å²) in [5, 5.41) is 13.7. The van der Waals surface area contributed by atoms with Crippen molar-refractivity contribution in [3.63, 3.8) is 0 Å². The third kappa shape index (κ3) is 2.79. The fraction of sp³-hybridized carbons (Fsp3) is 0.167. The van der Waals surface area contributed by atoms with Gasteiger partial charge in [0.15, 0.2) is 0 Å². The molecule has 0 bridgehead atoms. The maximum atomic E-state index is 13.5. The predicted molar refractivity (Wildman–Crippen MR) is 69.5 cm³/mol. The van der Waals surface area contributed by atoms with E-state index in [1.54, 1.807) is 13.0 Å². The SMILES string of the molecule is CCOc1ncnc(Nc2ccccc2F)c1[N+](=O)[O-]. The van der Waals surface area contributed by atoms with Crippen molar-refractivity contribution < 1.29 is 14.1 Å². The molecule has 0 fully saturated rings. The molecule has 1 aromatic heterocycles. The van der Waals surface area contributed by atoms with Crippen molar-refractivity contribution in [3.8, 4) is 5.88 Å². The van der Waals surface area contributed by atoms with Gasteiger partial charge in [-0.05, 0) is 19.1 Å². The summed E-state index contributed by atoms with van der Waals surface area (Å²) in [5.41, 5.74) is -0.352. The number of nitrogens with one attached hydrogen (secondary N) is 1. The van der Waals surface area contributed by atoms with Gasteiger partial charge in [0.05, 0.1) is 17.2 Å². The van der Waals surface area contributed by atoms with Gasteiger partial charge in [-0.15, -0.1) is 0 Å². The van der Waals surface area contributed by atoms with Crippen LogP contribution in [0.15, 0.2) is 30.6 Å². The fourth-order valence-corrected chi connectivity index (χ4v) is 1.55. The van der Waals surface area contributed by atoms with Crippen LogP contribution in [0.2, 0.25) is 0 Å². The van der Waals surface area contributed by atoms with Crippen LogP contribution in [0.4, 0.5) is 21.6 Å². The number of nitrogens with zero attached hydrogens (tertiary/aromatic N) is 3. The number of rotatable bonds is 5. The third-order valence-electron chi connectivity index (χ3n) is 2.38. The molecule has 2 rings (SSSR count). The lowest BCUT2D eigenvalue weighted by Crippen LogP contribution is -2.05. The minimum Gasteiger partial charge on any atom is -0.473 e. The van der Waals surface area contributed by atoms with Crippen molar-refractivity contribution in [1.82, 2.24) is 9.97 Å². The summed E-state index contributed by atoms with van der Waals surface area (Å²) in [6.45, 7) is 1.90. The topological polar surface area (TPSA) is 90.2 Å². The fourth-order valence-electron chi connectivity index (χ4n) is 1.55. The first-order valence-electron chi connectivity index (χ1n) is 5.77. The second kappa shape index (κ2) is 5.91. The number of ether oxygens (including phenoxy) is 1. The molecule has 0 aliphatic carbocycles. The molecule has 0 saturated heterocycles. The highest BCUT2D eigenvalue weighted by molar-refractivity contribution is 5.68. The van der Waals surface area contributed by atoms with Gasteiger partial charge < -0.3 is 10.1 Å². The first-order chi connectivity index (χ1) is 9.63. The summed E-state index contributed by atoms with van der Waals surface area (Å²) in [6, 6.07) is 5.79. The molecular weight excluding hydrogens is 267 g/mol. The normalized spacial score (nSPS) is 10.1. The summed E-state index contributed by atoms with van der Waals surface area (Å²) in [6.07, 6.45) is 1.11. The number of hydrogen-bond donors (Lipinski definition) is 1. The molecule has 1 aromatic carbocycles. The molecule has 7 nitrogen and oxygen atoms in total. The zero-order valence-electron chi connectivity index (χ0n) is 10.5. The molecule has 0 saturated carbocycles. The maximum Gasteiger partial charge on any atom is 0.373 e. The first-order valence-corrected chi connectivity index (χ1v) is 5.77. The lowest BCUT2D eigenvalue weighted by molar-refractivity contribution is -0.385. The van der Waals surface area contributed by atoms with Gasteiger partial charge in [-0.25, -0.2) is 9.37 Å². The molecule has 0 amide bonds. The van der Waals surface area contributed by atoms with E-state index in [9.17, 15) is 14.5 Å². The van der Waals surface area contributed by atoms with Crippen LogP contribution in [0.1, 0.15) is 6.92 Å². The predicted octanol–water partition coefficient (Wildman–Crippen LogP) is 2.67. The Labute approximate surface area is 113 Å². The minimum atomic E-state index is -0.672. The number of nitro groups is 1. The summed E-state index contributed by atoms with van der Waals surface area (Å²) < 4.78 is 18.6. The minimum absolute atomic E-state index is 0.0803. The van der Waals surface area contributed by atoms with Gasteiger partial charge in [0.1, 0.15) is 12.1 Å². The maximum absolute atomic E-state index is 13.5. The Kier molecular flexibility index (Phi) is 4.04. The molecule has 104 valence electrons. The van der Waals surface area contributed by atoms with E-state index in [1.165, 1.54) is 18.2 Å². The molecule has 20 heavy (non-hydrogen) atoms. The van der Waals surface area contributed by atoms with Crippen molar-refractivity contribution >= 4 is 17.2 Å². The second-order valence-electron chi connectivity index (χ2n) is 3.67. The van der Waals surface area contributed by atoms with E-state index < -0.39 is 16.4 Å². The van der Waals surface area contributed by atoms with Crippen LogP contribution in [0.5, 0.6) is 5.88 Å². The Bertz CT molecular complexity index is 636. The molecule has 0 radical (unpaired) electrons. The number of aromatic nitrogens is 2. The van der Waals surface area contributed by atoms with E-state index in [1.807, 2.05) is 0 Å². The average Bonchev–Trinajstić information content (AvgIpc) is 2.41. The highest BCUT2D eigenvalue weighted by Gasteiger charge is 2.24. The molecule has 0 atom stereocenters. The summed E-state index contributed by atoms with van der Waals surface area (Å²) in [4.78, 5) is 17.9. The molecule has 0 unspecified atom stereocenters. The Morgan fingerprint density at radius 2 is 2.15 bits per heavy atom. The van der Waals surface area contributed by atoms with Crippen LogP contribution in [-0.2, 0) is 0 Å². The highest BCUT2D eigenvalue weighted by atomic mass is 19.1. The quantitative estimate of drug-likeness (QED) is 0.668. The zero-order chi connectivity index (χ0) is 14.5. The molecule has 1 heterocycles. The molecule has 2 aromatic rings. The monoisotopic (exact) mass is 278 g/mol. The van der Waals surface area contributed by atoms with E-state index in [0.717, 1.165) is 6.33 Å². The van der Waals surface area contributed by atoms with E-state index in [0.29, 0.717) is 0 Å². The van der Waals surface area contributed by atoms with Crippen LogP contribution in [0.25, 0.3) is 0 Å². The largest absolute Gasteiger partial charge is 0.473 e. The molecular formula is C12H11FN4O3. The number of benzene rings is 1. The van der Waals surface area contributed by atoms with E-state index >= 15 is 0 Å². The van der Waals surface area contributed by atoms with E-state index in [4.69, 9.17) is 4.74 Å². The van der Waals surface area contributed by atoms with Crippen LogP contribution < -0.4 is 10.1 Å². The molecule has 0 aliphatic heterocycles. The van der Waals surface area contributed by atoms with Crippen molar-refractivity contribution in [2.45, 2.75) is 6.92 Å². The third-order valence-corrected chi connectivity index (χ3v) is 2.38. The molecule has 0 spiro atoms. The van der Waals surface area contributed by atoms with Crippen molar-refractivity contribution in [1.29, 1.82) is 0 Å². The van der Waals surface area contributed by atoms with Crippen LogP contribution >= 0.6 is 0 Å². The Balaban J connectivity index is 2.44. The van der Waals surface area contributed by atoms with Gasteiger partial charge in [0, 0.05) is 0 Å². The Morgan fingerprint density at radius 1 is 1.40 bits per heavy atom. The van der Waals surface area contributed by atoms with Gasteiger partial charge in [0.2, 0.25) is 5.82 Å². The average molecular weight is 278 g/mol. The number of para-hydroxylation sites is 1. The van der Waals surface area contributed by atoms with Crippen molar-refractivity contribution in [2.24, 2.45) is 0 Å². The highest BCUT2D eigenvalue weighted by Crippen LogP contribution is 2.33. The van der Waals surface area contributed by atoms with Crippen molar-refractivity contribution in [2.75, 3.05) is 11.9 Å². The summed E-state index contributed by atoms with van der Waals surface area (Å²) >= 11 is 0. The van der Waals surface area contributed by atoms with Crippen LogP contribution in [0, 0.1) is 15.9 Å².